The molecule has 5 heteroatoms. The lowest BCUT2D eigenvalue weighted by molar-refractivity contribution is -0.132. The zero-order chi connectivity index (χ0) is 13.8. The van der Waals surface area contributed by atoms with E-state index in [4.69, 9.17) is 10.5 Å². The maximum atomic E-state index is 12.2. The lowest BCUT2D eigenvalue weighted by Crippen LogP contribution is -2.47. The van der Waals surface area contributed by atoms with E-state index in [-0.39, 0.29) is 5.91 Å². The van der Waals surface area contributed by atoms with E-state index in [1.165, 1.54) is 0 Å². The van der Waals surface area contributed by atoms with Gasteiger partial charge >= 0.3 is 0 Å². The summed E-state index contributed by atoms with van der Waals surface area (Å²) in [7, 11) is 0. The second-order valence-electron chi connectivity index (χ2n) is 4.82. The minimum absolute atomic E-state index is 0.105. The number of hydrogen-bond acceptors (Lipinski definition) is 4. The predicted octanol–water partition coefficient (Wildman–Crippen LogP) is 1.24. The van der Waals surface area contributed by atoms with Gasteiger partial charge in [0.25, 0.3) is 5.91 Å². The highest BCUT2D eigenvalue weighted by Gasteiger charge is 2.26. The molecule has 1 atom stereocenters. The van der Waals surface area contributed by atoms with Crippen molar-refractivity contribution in [1.82, 2.24) is 4.90 Å². The molecule has 1 aliphatic rings. The first-order chi connectivity index (χ1) is 9.10. The van der Waals surface area contributed by atoms with E-state index in [9.17, 15) is 4.79 Å². The molecule has 5 nitrogen and oxygen atoms in total. The fourth-order valence-electron chi connectivity index (χ4n) is 2.14. The summed E-state index contributed by atoms with van der Waals surface area (Å²) < 4.78 is 5.53. The number of rotatable bonds is 3. The first kappa shape index (κ1) is 13.8. The van der Waals surface area contributed by atoms with Crippen molar-refractivity contribution < 1.29 is 9.53 Å². The molecule has 2 rings (SSSR count). The van der Waals surface area contributed by atoms with Crippen LogP contribution in [0.25, 0.3) is 0 Å². The van der Waals surface area contributed by atoms with Gasteiger partial charge in [0.05, 0.1) is 6.61 Å². The summed E-state index contributed by atoms with van der Waals surface area (Å²) >= 11 is 0. The minimum Gasteiger partial charge on any atom is -0.399 e. The van der Waals surface area contributed by atoms with Gasteiger partial charge in [0.15, 0.2) is 0 Å². The lowest BCUT2D eigenvalue weighted by atomic mass is 10.1. The van der Waals surface area contributed by atoms with Crippen molar-refractivity contribution in [1.29, 1.82) is 0 Å². The number of likely N-dealkylation sites (N-methyl/N-ethyl adjacent to an activating group) is 1. The molecule has 0 bridgehead atoms. The molecule has 1 aliphatic heterocycles. The van der Waals surface area contributed by atoms with Gasteiger partial charge in [-0.25, -0.2) is 0 Å². The number of hydrogen-bond donors (Lipinski definition) is 2. The van der Waals surface area contributed by atoms with Gasteiger partial charge in [0.1, 0.15) is 6.10 Å². The van der Waals surface area contributed by atoms with Crippen molar-refractivity contribution in [2.24, 2.45) is 0 Å². The summed E-state index contributed by atoms with van der Waals surface area (Å²) in [6, 6.07) is 5.49. The van der Waals surface area contributed by atoms with Crippen LogP contribution in [0.1, 0.15) is 12.5 Å². The molecule has 1 saturated heterocycles. The van der Waals surface area contributed by atoms with Gasteiger partial charge in [-0.2, -0.15) is 0 Å². The first-order valence-corrected chi connectivity index (χ1v) is 6.61. The molecule has 0 aliphatic carbocycles. The van der Waals surface area contributed by atoms with E-state index in [0.717, 1.165) is 24.3 Å². The van der Waals surface area contributed by atoms with Crippen LogP contribution in [0.5, 0.6) is 0 Å². The first-order valence-electron chi connectivity index (χ1n) is 6.61. The average molecular weight is 263 g/mol. The molecule has 1 aromatic rings. The monoisotopic (exact) mass is 263 g/mol. The van der Waals surface area contributed by atoms with Gasteiger partial charge in [0, 0.05) is 24.5 Å². The Morgan fingerprint density at radius 3 is 3.11 bits per heavy atom. The van der Waals surface area contributed by atoms with E-state index < -0.39 is 6.10 Å². The van der Waals surface area contributed by atoms with Crippen LogP contribution in [-0.2, 0) is 9.53 Å². The molecule has 1 heterocycles. The molecule has 1 unspecified atom stereocenters. The number of amides is 1. The summed E-state index contributed by atoms with van der Waals surface area (Å²) in [5, 5.41) is 2.89. The number of nitrogens with two attached hydrogens (primary N) is 1. The Bertz CT molecular complexity index is 462. The summed E-state index contributed by atoms with van der Waals surface area (Å²) in [4.78, 5) is 14.4. The molecular formula is C14H21N3O2. The third-order valence-electron chi connectivity index (χ3n) is 3.41. The lowest BCUT2D eigenvalue weighted by Gasteiger charge is -2.31. The van der Waals surface area contributed by atoms with Gasteiger partial charge in [-0.1, -0.05) is 13.0 Å². The predicted molar refractivity (Wildman–Crippen MR) is 76.1 cm³/mol. The second kappa shape index (κ2) is 6.04. The number of ether oxygens (including phenoxy) is 1. The topological polar surface area (TPSA) is 67.6 Å². The quantitative estimate of drug-likeness (QED) is 0.805. The van der Waals surface area contributed by atoms with Crippen LogP contribution in [0.15, 0.2) is 18.2 Å². The summed E-state index contributed by atoms with van der Waals surface area (Å²) in [6.07, 6.45) is -0.408. The highest BCUT2D eigenvalue weighted by molar-refractivity contribution is 5.95. The van der Waals surface area contributed by atoms with E-state index >= 15 is 0 Å². The van der Waals surface area contributed by atoms with Gasteiger partial charge in [0.2, 0.25) is 0 Å². The fourth-order valence-corrected chi connectivity index (χ4v) is 2.14. The Balaban J connectivity index is 2.02. The van der Waals surface area contributed by atoms with Crippen LogP contribution >= 0.6 is 0 Å². The molecule has 0 aromatic heterocycles. The number of nitrogens with zero attached hydrogens (tertiary/aromatic N) is 1. The smallest absolute Gasteiger partial charge is 0.254 e. The number of morpholine rings is 1. The fraction of sp³-hybridized carbons (Fsp3) is 0.500. The van der Waals surface area contributed by atoms with Crippen LogP contribution in [0.4, 0.5) is 11.4 Å². The van der Waals surface area contributed by atoms with E-state index in [2.05, 4.69) is 17.1 Å². The molecule has 0 saturated carbocycles. The molecule has 3 N–H and O–H groups in total. The maximum absolute atomic E-state index is 12.2. The maximum Gasteiger partial charge on any atom is 0.254 e. The molecule has 0 radical (unpaired) electrons. The number of carbonyl (C=O) groups is 1. The third-order valence-corrected chi connectivity index (χ3v) is 3.41. The molecule has 19 heavy (non-hydrogen) atoms. The number of aryl methyl sites for hydroxylation is 1. The van der Waals surface area contributed by atoms with Crippen molar-refractivity contribution in [3.63, 3.8) is 0 Å². The molecule has 0 spiro atoms. The van der Waals surface area contributed by atoms with Gasteiger partial charge < -0.3 is 15.8 Å². The molecule has 104 valence electrons. The van der Waals surface area contributed by atoms with Crippen molar-refractivity contribution in [3.05, 3.63) is 23.8 Å². The van der Waals surface area contributed by atoms with Crippen molar-refractivity contribution in [3.8, 4) is 0 Å². The van der Waals surface area contributed by atoms with Crippen LogP contribution in [0, 0.1) is 6.92 Å². The standard InChI is InChI=1S/C14H21N3O2/c1-3-17-6-7-19-13(9-17)14(18)16-12-8-11(15)5-4-10(12)2/h4-5,8,13H,3,6-7,9,15H2,1-2H3,(H,16,18). The SMILES string of the molecule is CCN1CCOC(C(=O)Nc2cc(N)ccc2C)C1. The number of anilines is 2. The van der Waals surface area contributed by atoms with E-state index in [1.54, 1.807) is 6.07 Å². The second-order valence-corrected chi connectivity index (χ2v) is 4.82. The summed E-state index contributed by atoms with van der Waals surface area (Å²) in [5.41, 5.74) is 8.12. The third kappa shape index (κ3) is 3.45. The Morgan fingerprint density at radius 2 is 2.37 bits per heavy atom. The molecule has 1 fully saturated rings. The summed E-state index contributed by atoms with van der Waals surface area (Å²) in [5.74, 6) is -0.105. The van der Waals surface area contributed by atoms with Gasteiger partial charge in [-0.05, 0) is 31.2 Å². The Kier molecular flexibility index (Phi) is 4.39. The highest BCUT2D eigenvalue weighted by atomic mass is 16.5. The van der Waals surface area contributed by atoms with Crippen LogP contribution in [0.3, 0.4) is 0 Å². The zero-order valence-corrected chi connectivity index (χ0v) is 11.5. The minimum atomic E-state index is -0.408. The molecule has 1 amide bonds. The van der Waals surface area contributed by atoms with Crippen LogP contribution in [-0.4, -0.2) is 43.2 Å². The van der Waals surface area contributed by atoms with Gasteiger partial charge in [-0.15, -0.1) is 0 Å². The average Bonchev–Trinajstić information content (AvgIpc) is 2.43. The highest BCUT2D eigenvalue weighted by Crippen LogP contribution is 2.19. The Labute approximate surface area is 113 Å². The number of carbonyl (C=O) groups excluding carboxylic acids is 1. The normalized spacial score (nSPS) is 20.2. The Morgan fingerprint density at radius 1 is 1.58 bits per heavy atom. The Hall–Kier alpha value is -1.59. The number of nitrogens with one attached hydrogen (secondary N) is 1. The van der Waals surface area contributed by atoms with E-state index in [0.29, 0.717) is 18.8 Å². The van der Waals surface area contributed by atoms with E-state index in [1.807, 2.05) is 19.1 Å². The van der Waals surface area contributed by atoms with Crippen molar-refractivity contribution in [2.45, 2.75) is 20.0 Å². The number of benzene rings is 1. The van der Waals surface area contributed by atoms with Crippen LogP contribution in [0.2, 0.25) is 0 Å². The number of nitrogen functional groups attached to an aromatic ring is 1. The van der Waals surface area contributed by atoms with Crippen molar-refractivity contribution in [2.75, 3.05) is 37.3 Å². The molecular weight excluding hydrogens is 242 g/mol. The molecule has 1 aromatic carbocycles. The van der Waals surface area contributed by atoms with Gasteiger partial charge in [-0.3, -0.25) is 9.69 Å². The summed E-state index contributed by atoms with van der Waals surface area (Å²) in [6.45, 7) is 7.09. The van der Waals surface area contributed by atoms with Crippen molar-refractivity contribution >= 4 is 17.3 Å². The zero-order valence-electron chi connectivity index (χ0n) is 11.5. The van der Waals surface area contributed by atoms with Crippen LogP contribution < -0.4 is 11.1 Å². The largest absolute Gasteiger partial charge is 0.399 e.